The van der Waals surface area contributed by atoms with Gasteiger partial charge in [-0.3, -0.25) is 0 Å². The summed E-state index contributed by atoms with van der Waals surface area (Å²) in [6.07, 6.45) is 5.07. The van der Waals surface area contributed by atoms with Crippen molar-refractivity contribution in [2.24, 2.45) is 5.73 Å². The van der Waals surface area contributed by atoms with E-state index in [0.29, 0.717) is 6.54 Å². The Morgan fingerprint density at radius 2 is 1.74 bits per heavy atom. The van der Waals surface area contributed by atoms with Crippen LogP contribution in [0.2, 0.25) is 0 Å². The van der Waals surface area contributed by atoms with E-state index in [1.807, 2.05) is 0 Å². The third kappa shape index (κ3) is 7.30. The minimum atomic E-state index is -3.10. The number of hydrogen-bond donors (Lipinski definition) is 2. The fraction of sp³-hybridized carbons (Fsp3) is 0.571. The van der Waals surface area contributed by atoms with E-state index in [1.54, 1.807) is 0 Å². The topological polar surface area (TPSA) is 72.2 Å². The number of nitrogens with two attached hydrogens (primary N) is 1. The molecule has 3 N–H and O–H groups in total. The Morgan fingerprint density at radius 1 is 1.11 bits per heavy atom. The first-order valence-electron chi connectivity index (χ1n) is 6.65. The van der Waals surface area contributed by atoms with Crippen LogP contribution < -0.4 is 10.5 Å². The molecule has 19 heavy (non-hydrogen) atoms. The van der Waals surface area contributed by atoms with Crippen LogP contribution in [0.3, 0.4) is 0 Å². The summed E-state index contributed by atoms with van der Waals surface area (Å²) in [7, 11) is -3.10. The molecule has 0 bridgehead atoms. The molecule has 0 fully saturated rings. The second-order valence-electron chi connectivity index (χ2n) is 4.99. The molecule has 0 heterocycles. The highest BCUT2D eigenvalue weighted by Gasteiger charge is 2.02. The molecule has 0 aliphatic carbocycles. The van der Waals surface area contributed by atoms with Gasteiger partial charge in [-0.2, -0.15) is 0 Å². The molecule has 0 aliphatic heterocycles. The summed E-state index contributed by atoms with van der Waals surface area (Å²) in [5.41, 5.74) is 9.20. The molecule has 1 aromatic rings. The fourth-order valence-corrected chi connectivity index (χ4v) is 2.56. The van der Waals surface area contributed by atoms with E-state index in [9.17, 15) is 8.42 Å². The molecule has 5 heteroatoms. The summed E-state index contributed by atoms with van der Waals surface area (Å²) in [4.78, 5) is 0. The van der Waals surface area contributed by atoms with Gasteiger partial charge in [0.1, 0.15) is 0 Å². The maximum Gasteiger partial charge on any atom is 0.208 e. The first-order chi connectivity index (χ1) is 8.90. The van der Waals surface area contributed by atoms with Crippen LogP contribution in [0.5, 0.6) is 0 Å². The molecule has 0 aliphatic rings. The lowest BCUT2D eigenvalue weighted by molar-refractivity contribution is 0.588. The van der Waals surface area contributed by atoms with Crippen LogP contribution in [0.4, 0.5) is 0 Å². The lowest BCUT2D eigenvalue weighted by Gasteiger charge is -2.08. The summed E-state index contributed by atoms with van der Waals surface area (Å²) < 4.78 is 24.5. The van der Waals surface area contributed by atoms with Crippen molar-refractivity contribution in [3.05, 3.63) is 34.9 Å². The molecule has 0 atom stereocenters. The summed E-state index contributed by atoms with van der Waals surface area (Å²) in [5, 5.41) is 0. The van der Waals surface area contributed by atoms with E-state index in [1.165, 1.54) is 22.9 Å². The number of rotatable bonds is 8. The van der Waals surface area contributed by atoms with Gasteiger partial charge in [0.2, 0.25) is 10.0 Å². The Labute approximate surface area is 116 Å². The van der Waals surface area contributed by atoms with Crippen molar-refractivity contribution in [1.29, 1.82) is 0 Å². The lowest BCUT2D eigenvalue weighted by atomic mass is 10.0. The smallest absolute Gasteiger partial charge is 0.208 e. The molecule has 1 rings (SSSR count). The molecule has 108 valence electrons. The highest BCUT2D eigenvalue weighted by Crippen LogP contribution is 2.12. The second-order valence-corrected chi connectivity index (χ2v) is 6.82. The van der Waals surface area contributed by atoms with E-state index in [4.69, 9.17) is 5.73 Å². The lowest BCUT2D eigenvalue weighted by Crippen LogP contribution is -2.24. The highest BCUT2D eigenvalue weighted by molar-refractivity contribution is 7.88. The standard InChI is InChI=1S/C14H24N2O2S/c1-12-9-13(5-3-4-7-15)11-14(10-12)6-8-16-19(2,17)18/h9-11,16H,3-8,15H2,1-2H3. The third-order valence-electron chi connectivity index (χ3n) is 2.89. The normalized spacial score (nSPS) is 11.7. The molecular weight excluding hydrogens is 260 g/mol. The van der Waals surface area contributed by atoms with Crippen molar-refractivity contribution in [2.45, 2.75) is 32.6 Å². The average molecular weight is 284 g/mol. The van der Waals surface area contributed by atoms with Gasteiger partial charge in [-0.1, -0.05) is 23.8 Å². The van der Waals surface area contributed by atoms with Crippen LogP contribution in [-0.2, 0) is 22.9 Å². The van der Waals surface area contributed by atoms with Crippen molar-refractivity contribution >= 4 is 10.0 Å². The predicted octanol–water partition coefficient (Wildman–Crippen LogP) is 1.37. The van der Waals surface area contributed by atoms with Gasteiger partial charge in [-0.25, -0.2) is 13.1 Å². The van der Waals surface area contributed by atoms with Crippen molar-refractivity contribution in [3.8, 4) is 0 Å². The van der Waals surface area contributed by atoms with E-state index >= 15 is 0 Å². The summed E-state index contributed by atoms with van der Waals surface area (Å²) in [5.74, 6) is 0. The molecule has 0 saturated heterocycles. The predicted molar refractivity (Wildman–Crippen MR) is 79.7 cm³/mol. The second kappa shape index (κ2) is 7.62. The van der Waals surface area contributed by atoms with Crippen molar-refractivity contribution in [3.63, 3.8) is 0 Å². The minimum absolute atomic E-state index is 0.449. The Hall–Kier alpha value is -0.910. The zero-order valence-electron chi connectivity index (χ0n) is 11.8. The van der Waals surface area contributed by atoms with Gasteiger partial charge >= 0.3 is 0 Å². The van der Waals surface area contributed by atoms with E-state index in [0.717, 1.165) is 32.2 Å². The Morgan fingerprint density at radius 3 is 2.32 bits per heavy atom. The molecule has 0 aromatic heterocycles. The largest absolute Gasteiger partial charge is 0.330 e. The van der Waals surface area contributed by atoms with Crippen LogP contribution >= 0.6 is 0 Å². The van der Waals surface area contributed by atoms with Gasteiger partial charge in [-0.15, -0.1) is 0 Å². The first kappa shape index (κ1) is 16.1. The molecule has 0 saturated carbocycles. The maximum atomic E-state index is 11.0. The van der Waals surface area contributed by atoms with Crippen LogP contribution in [0, 0.1) is 6.92 Å². The Balaban J connectivity index is 2.58. The van der Waals surface area contributed by atoms with E-state index < -0.39 is 10.0 Å². The van der Waals surface area contributed by atoms with Gasteiger partial charge < -0.3 is 5.73 Å². The highest BCUT2D eigenvalue weighted by atomic mass is 32.2. The van der Waals surface area contributed by atoms with Crippen molar-refractivity contribution in [1.82, 2.24) is 4.72 Å². The molecule has 0 radical (unpaired) electrons. The number of sulfonamides is 1. The number of unbranched alkanes of at least 4 members (excludes halogenated alkanes) is 1. The first-order valence-corrected chi connectivity index (χ1v) is 8.54. The Bertz CT molecular complexity index is 498. The molecule has 0 unspecified atom stereocenters. The maximum absolute atomic E-state index is 11.0. The number of benzene rings is 1. The zero-order valence-corrected chi connectivity index (χ0v) is 12.6. The zero-order chi connectivity index (χ0) is 14.3. The van der Waals surface area contributed by atoms with Crippen LogP contribution in [-0.4, -0.2) is 27.8 Å². The fourth-order valence-electron chi connectivity index (χ4n) is 2.09. The van der Waals surface area contributed by atoms with Crippen molar-refractivity contribution < 1.29 is 8.42 Å². The van der Waals surface area contributed by atoms with Crippen LogP contribution in [0.25, 0.3) is 0 Å². The van der Waals surface area contributed by atoms with Crippen LogP contribution in [0.1, 0.15) is 29.5 Å². The van der Waals surface area contributed by atoms with Gasteiger partial charge in [0, 0.05) is 6.54 Å². The SMILES string of the molecule is Cc1cc(CCCCN)cc(CCNS(C)(=O)=O)c1. The molecule has 4 nitrogen and oxygen atoms in total. The third-order valence-corrected chi connectivity index (χ3v) is 3.62. The van der Waals surface area contributed by atoms with E-state index in [-0.39, 0.29) is 0 Å². The van der Waals surface area contributed by atoms with E-state index in [2.05, 4.69) is 29.8 Å². The van der Waals surface area contributed by atoms with Gasteiger partial charge in [0.15, 0.2) is 0 Å². The number of nitrogens with one attached hydrogen (secondary N) is 1. The van der Waals surface area contributed by atoms with Gasteiger partial charge in [0.25, 0.3) is 0 Å². The van der Waals surface area contributed by atoms with Crippen LogP contribution in [0.15, 0.2) is 18.2 Å². The van der Waals surface area contributed by atoms with Crippen molar-refractivity contribution in [2.75, 3.05) is 19.3 Å². The average Bonchev–Trinajstić information content (AvgIpc) is 2.27. The molecule has 0 amide bonds. The number of hydrogen-bond acceptors (Lipinski definition) is 3. The molecule has 0 spiro atoms. The molecular formula is C14H24N2O2S. The van der Waals surface area contributed by atoms with Gasteiger partial charge in [-0.05, 0) is 50.3 Å². The quantitative estimate of drug-likeness (QED) is 0.708. The Kier molecular flexibility index (Phi) is 6.48. The summed E-state index contributed by atoms with van der Waals surface area (Å²) in [6, 6.07) is 6.45. The minimum Gasteiger partial charge on any atom is -0.330 e. The molecule has 1 aromatic carbocycles. The monoisotopic (exact) mass is 284 g/mol. The summed E-state index contributed by atoms with van der Waals surface area (Å²) >= 11 is 0. The summed E-state index contributed by atoms with van der Waals surface area (Å²) in [6.45, 7) is 3.25. The number of aryl methyl sites for hydroxylation is 2. The van der Waals surface area contributed by atoms with Gasteiger partial charge in [0.05, 0.1) is 6.26 Å².